The van der Waals surface area contributed by atoms with Crippen molar-refractivity contribution in [3.63, 3.8) is 0 Å². The van der Waals surface area contributed by atoms with Crippen LogP contribution in [0, 0.1) is 17.7 Å². The molecule has 1 amide bonds. The van der Waals surface area contributed by atoms with E-state index in [0.29, 0.717) is 30.1 Å². The fourth-order valence-electron chi connectivity index (χ4n) is 3.93. The lowest BCUT2D eigenvalue weighted by molar-refractivity contribution is 0.0978. The molecule has 148 valence electrons. The summed E-state index contributed by atoms with van der Waals surface area (Å²) in [6.45, 7) is 2.88. The highest BCUT2D eigenvalue weighted by Gasteiger charge is 2.33. The summed E-state index contributed by atoms with van der Waals surface area (Å²) in [6.07, 6.45) is 8.70. The third-order valence-corrected chi connectivity index (χ3v) is 7.59. The average molecular weight is 394 g/mol. The molecule has 0 bridgehead atoms. The van der Waals surface area contributed by atoms with Gasteiger partial charge in [-0.05, 0) is 61.5 Å². The molecule has 3 aliphatic carbocycles. The van der Waals surface area contributed by atoms with Crippen LogP contribution in [0.1, 0.15) is 80.1 Å². The molecular formula is C21H28FNO3S. The Hall–Kier alpha value is -1.43. The van der Waals surface area contributed by atoms with Gasteiger partial charge in [-0.25, -0.2) is 8.60 Å². The largest absolute Gasteiger partial charge is 0.493 e. The highest BCUT2D eigenvalue weighted by Crippen LogP contribution is 2.45. The van der Waals surface area contributed by atoms with Gasteiger partial charge in [-0.2, -0.15) is 0 Å². The van der Waals surface area contributed by atoms with E-state index in [9.17, 15) is 13.4 Å². The standard InChI is InChI=1S/C21H28FNO3S/c1-13-4-2-3-5-15(13)12-26-20-11-19(22)18(10-17(20)14-6-7-14)21(24)23-27(25)16-8-9-16/h10-11,13-16H,2-9,12H2,1H3,(H,23,24). The van der Waals surface area contributed by atoms with Crippen molar-refractivity contribution in [2.45, 2.75) is 69.5 Å². The van der Waals surface area contributed by atoms with Crippen molar-refractivity contribution in [3.05, 3.63) is 29.1 Å². The quantitative estimate of drug-likeness (QED) is 0.744. The average Bonchev–Trinajstić information content (AvgIpc) is 3.54. The number of benzene rings is 1. The van der Waals surface area contributed by atoms with E-state index in [-0.39, 0.29) is 10.8 Å². The predicted octanol–water partition coefficient (Wildman–Crippen LogP) is 4.46. The van der Waals surface area contributed by atoms with Gasteiger partial charge < -0.3 is 4.74 Å². The zero-order valence-corrected chi connectivity index (χ0v) is 16.7. The normalized spacial score (nSPS) is 26.4. The summed E-state index contributed by atoms with van der Waals surface area (Å²) in [4.78, 5) is 12.4. The molecule has 1 aromatic rings. The van der Waals surface area contributed by atoms with Gasteiger partial charge in [0.25, 0.3) is 5.91 Å². The number of hydrogen-bond donors (Lipinski definition) is 1. The molecule has 0 spiro atoms. The summed E-state index contributed by atoms with van der Waals surface area (Å²) in [7, 11) is -1.41. The van der Waals surface area contributed by atoms with Crippen LogP contribution >= 0.6 is 0 Å². The second-order valence-electron chi connectivity index (χ2n) is 8.40. The molecule has 0 saturated heterocycles. The van der Waals surface area contributed by atoms with Crippen molar-refractivity contribution in [2.75, 3.05) is 6.61 Å². The van der Waals surface area contributed by atoms with Crippen LogP contribution < -0.4 is 9.46 Å². The van der Waals surface area contributed by atoms with Gasteiger partial charge in [0.05, 0.1) is 17.4 Å². The topological polar surface area (TPSA) is 55.4 Å². The Kier molecular flexibility index (Phi) is 5.53. The van der Waals surface area contributed by atoms with Gasteiger partial charge in [0.1, 0.15) is 22.6 Å². The molecule has 0 heterocycles. The third kappa shape index (κ3) is 4.53. The molecule has 0 aromatic heterocycles. The fourth-order valence-corrected chi connectivity index (χ4v) is 4.96. The van der Waals surface area contributed by atoms with Crippen LogP contribution in [0.25, 0.3) is 0 Å². The van der Waals surface area contributed by atoms with Crippen LogP contribution in [0.2, 0.25) is 0 Å². The van der Waals surface area contributed by atoms with E-state index in [0.717, 1.165) is 37.7 Å². The van der Waals surface area contributed by atoms with E-state index < -0.39 is 22.7 Å². The lowest BCUT2D eigenvalue weighted by atomic mass is 9.81. The monoisotopic (exact) mass is 393 g/mol. The highest BCUT2D eigenvalue weighted by molar-refractivity contribution is 7.84. The smallest absolute Gasteiger partial charge is 0.265 e. The Morgan fingerprint density at radius 3 is 2.59 bits per heavy atom. The summed E-state index contributed by atoms with van der Waals surface area (Å²) in [5.74, 6) is 0.870. The Morgan fingerprint density at radius 2 is 1.93 bits per heavy atom. The molecule has 3 saturated carbocycles. The molecular weight excluding hydrogens is 365 g/mol. The molecule has 3 atom stereocenters. The maximum atomic E-state index is 14.6. The lowest BCUT2D eigenvalue weighted by Gasteiger charge is -2.29. The van der Waals surface area contributed by atoms with Gasteiger partial charge in [0.15, 0.2) is 0 Å². The molecule has 4 rings (SSSR count). The first-order valence-corrected chi connectivity index (χ1v) is 11.4. The first-order valence-electron chi connectivity index (χ1n) is 10.2. The molecule has 1 aromatic carbocycles. The van der Waals surface area contributed by atoms with Crippen LogP contribution in [-0.4, -0.2) is 22.0 Å². The maximum Gasteiger partial charge on any atom is 0.265 e. The summed E-state index contributed by atoms with van der Waals surface area (Å²) in [5, 5.41) is 0.0278. The summed E-state index contributed by atoms with van der Waals surface area (Å²) in [5.41, 5.74) is 0.895. The maximum absolute atomic E-state index is 14.6. The van der Waals surface area contributed by atoms with E-state index in [1.165, 1.54) is 25.3 Å². The van der Waals surface area contributed by atoms with Gasteiger partial charge in [-0.1, -0.05) is 26.2 Å². The van der Waals surface area contributed by atoms with Crippen LogP contribution in [0.5, 0.6) is 5.75 Å². The molecule has 0 radical (unpaired) electrons. The number of amides is 1. The SMILES string of the molecule is CC1CCCCC1COc1cc(F)c(C(=O)NS(=O)C2CC2)cc1C1CC1. The lowest BCUT2D eigenvalue weighted by Crippen LogP contribution is -2.29. The summed E-state index contributed by atoms with van der Waals surface area (Å²) in [6, 6.07) is 2.97. The first-order chi connectivity index (χ1) is 13.0. The molecule has 3 fully saturated rings. The van der Waals surface area contributed by atoms with Crippen LogP contribution in [0.3, 0.4) is 0 Å². The summed E-state index contributed by atoms with van der Waals surface area (Å²) >= 11 is 0. The number of ether oxygens (including phenoxy) is 1. The number of carbonyl (C=O) groups excluding carboxylic acids is 1. The number of nitrogens with one attached hydrogen (secondary N) is 1. The Bertz CT molecular complexity index is 745. The first kappa shape index (κ1) is 18.9. The second-order valence-corrected chi connectivity index (χ2v) is 9.87. The van der Waals surface area contributed by atoms with E-state index in [4.69, 9.17) is 4.74 Å². The van der Waals surface area contributed by atoms with Crippen molar-refractivity contribution in [2.24, 2.45) is 11.8 Å². The molecule has 3 aliphatic rings. The number of rotatable bonds is 7. The molecule has 6 heteroatoms. The molecule has 1 N–H and O–H groups in total. The fraction of sp³-hybridized carbons (Fsp3) is 0.667. The second kappa shape index (κ2) is 7.90. The Balaban J connectivity index is 1.49. The van der Waals surface area contributed by atoms with Crippen molar-refractivity contribution in [1.29, 1.82) is 0 Å². The minimum Gasteiger partial charge on any atom is -0.493 e. The van der Waals surface area contributed by atoms with E-state index in [1.54, 1.807) is 6.07 Å². The zero-order valence-electron chi connectivity index (χ0n) is 15.8. The minimum atomic E-state index is -1.41. The number of carbonyl (C=O) groups is 1. The van der Waals surface area contributed by atoms with E-state index in [2.05, 4.69) is 11.6 Å². The van der Waals surface area contributed by atoms with Gasteiger partial charge >= 0.3 is 0 Å². The van der Waals surface area contributed by atoms with Gasteiger partial charge in [0.2, 0.25) is 0 Å². The number of halogens is 1. The molecule has 27 heavy (non-hydrogen) atoms. The Morgan fingerprint density at radius 1 is 1.19 bits per heavy atom. The van der Waals surface area contributed by atoms with Crippen LogP contribution in [0.15, 0.2) is 12.1 Å². The van der Waals surface area contributed by atoms with E-state index >= 15 is 0 Å². The highest BCUT2D eigenvalue weighted by atomic mass is 32.2. The van der Waals surface area contributed by atoms with Gasteiger partial charge in [0, 0.05) is 6.07 Å². The number of hydrogen-bond acceptors (Lipinski definition) is 3. The van der Waals surface area contributed by atoms with E-state index in [1.807, 2.05) is 0 Å². The van der Waals surface area contributed by atoms with Gasteiger partial charge in [-0.3, -0.25) is 9.52 Å². The minimum absolute atomic E-state index is 0.0238. The van der Waals surface area contributed by atoms with Crippen LogP contribution in [0.4, 0.5) is 4.39 Å². The zero-order chi connectivity index (χ0) is 19.0. The van der Waals surface area contributed by atoms with Crippen molar-refractivity contribution in [3.8, 4) is 5.75 Å². The van der Waals surface area contributed by atoms with Crippen molar-refractivity contribution in [1.82, 2.24) is 4.72 Å². The molecule has 4 nitrogen and oxygen atoms in total. The Labute approximate surface area is 162 Å². The van der Waals surface area contributed by atoms with Gasteiger partial charge in [-0.15, -0.1) is 0 Å². The molecule has 0 aliphatic heterocycles. The third-order valence-electron chi connectivity index (χ3n) is 6.12. The summed E-state index contributed by atoms with van der Waals surface area (Å²) < 4.78 is 35.1. The predicted molar refractivity (Wildman–Crippen MR) is 104 cm³/mol. The molecule has 3 unspecified atom stereocenters. The van der Waals surface area contributed by atoms with Crippen molar-refractivity contribution < 1.29 is 18.1 Å². The van der Waals surface area contributed by atoms with Crippen LogP contribution in [-0.2, 0) is 11.0 Å². The van der Waals surface area contributed by atoms with Crippen molar-refractivity contribution >= 4 is 16.9 Å².